The van der Waals surface area contributed by atoms with Crippen molar-refractivity contribution in [3.8, 4) is 0 Å². The van der Waals surface area contributed by atoms with Crippen LogP contribution in [0.4, 0.5) is 0 Å². The van der Waals surface area contributed by atoms with Gasteiger partial charge in [-0.3, -0.25) is 4.90 Å². The summed E-state index contributed by atoms with van der Waals surface area (Å²) in [5, 5.41) is 10.3. The Morgan fingerprint density at radius 3 is 2.76 bits per heavy atom. The van der Waals surface area contributed by atoms with Crippen LogP contribution in [0, 0.1) is 5.92 Å². The average molecular weight is 231 g/mol. The summed E-state index contributed by atoms with van der Waals surface area (Å²) in [5.74, 6) is 0.418. The van der Waals surface area contributed by atoms with Gasteiger partial charge in [-0.15, -0.1) is 0 Å². The molecule has 2 bridgehead atoms. The molecule has 0 spiro atoms. The van der Waals surface area contributed by atoms with Crippen LogP contribution in [0.5, 0.6) is 0 Å². The second-order valence-electron chi connectivity index (χ2n) is 5.62. The van der Waals surface area contributed by atoms with Crippen molar-refractivity contribution in [2.75, 3.05) is 7.05 Å². The van der Waals surface area contributed by atoms with Crippen molar-refractivity contribution in [1.82, 2.24) is 4.90 Å². The van der Waals surface area contributed by atoms with Gasteiger partial charge in [0.1, 0.15) is 0 Å². The molecule has 2 saturated heterocycles. The van der Waals surface area contributed by atoms with Crippen molar-refractivity contribution in [2.45, 2.75) is 43.9 Å². The Hall–Kier alpha value is -0.860. The van der Waals surface area contributed by atoms with E-state index in [1.165, 1.54) is 18.4 Å². The van der Waals surface area contributed by atoms with Gasteiger partial charge in [0.2, 0.25) is 0 Å². The Kier molecular flexibility index (Phi) is 2.93. The van der Waals surface area contributed by atoms with Crippen molar-refractivity contribution in [2.24, 2.45) is 5.92 Å². The van der Waals surface area contributed by atoms with Crippen molar-refractivity contribution in [1.29, 1.82) is 0 Å². The van der Waals surface area contributed by atoms with Gasteiger partial charge in [0.05, 0.1) is 6.10 Å². The van der Waals surface area contributed by atoms with Crippen molar-refractivity contribution >= 4 is 0 Å². The van der Waals surface area contributed by atoms with Gasteiger partial charge in [0, 0.05) is 18.0 Å². The van der Waals surface area contributed by atoms with Crippen LogP contribution in [0.25, 0.3) is 0 Å². The van der Waals surface area contributed by atoms with Crippen LogP contribution in [-0.4, -0.2) is 35.2 Å². The maximum absolute atomic E-state index is 10.3. The lowest BCUT2D eigenvalue weighted by Crippen LogP contribution is -2.49. The molecular weight excluding hydrogens is 210 g/mol. The molecule has 2 aliphatic heterocycles. The van der Waals surface area contributed by atoms with E-state index in [0.717, 1.165) is 12.8 Å². The van der Waals surface area contributed by atoms with Gasteiger partial charge >= 0.3 is 0 Å². The number of rotatable bonds is 2. The zero-order valence-corrected chi connectivity index (χ0v) is 10.4. The van der Waals surface area contributed by atoms with E-state index >= 15 is 0 Å². The van der Waals surface area contributed by atoms with Crippen LogP contribution in [0.2, 0.25) is 0 Å². The third-order valence-corrected chi connectivity index (χ3v) is 4.71. The third kappa shape index (κ3) is 2.00. The van der Waals surface area contributed by atoms with E-state index in [0.29, 0.717) is 18.0 Å². The SMILES string of the molecule is CN1[C@H]2CC[C@@H]1C(Cc1ccccc1)C(O)C2. The molecule has 4 atom stereocenters. The molecule has 1 N–H and O–H groups in total. The normalized spacial score (nSPS) is 37.3. The summed E-state index contributed by atoms with van der Waals surface area (Å²) >= 11 is 0. The van der Waals surface area contributed by atoms with Crippen LogP contribution in [0.3, 0.4) is 0 Å². The van der Waals surface area contributed by atoms with E-state index in [1.807, 2.05) is 0 Å². The quantitative estimate of drug-likeness (QED) is 0.842. The maximum Gasteiger partial charge on any atom is 0.0601 e. The second kappa shape index (κ2) is 4.43. The minimum Gasteiger partial charge on any atom is -0.393 e. The number of hydrogen-bond acceptors (Lipinski definition) is 2. The molecule has 3 rings (SSSR count). The first-order chi connectivity index (χ1) is 8.25. The summed E-state index contributed by atoms with van der Waals surface area (Å²) in [6.07, 6.45) is 4.40. The largest absolute Gasteiger partial charge is 0.393 e. The molecule has 1 aromatic rings. The minimum atomic E-state index is -0.107. The van der Waals surface area contributed by atoms with Crippen LogP contribution in [-0.2, 0) is 6.42 Å². The number of fused-ring (bicyclic) bond motifs is 2. The number of hydrogen-bond donors (Lipinski definition) is 1. The summed E-state index contributed by atoms with van der Waals surface area (Å²) in [6.45, 7) is 0. The number of nitrogens with zero attached hydrogens (tertiary/aromatic N) is 1. The van der Waals surface area contributed by atoms with Crippen LogP contribution in [0.15, 0.2) is 30.3 Å². The molecule has 92 valence electrons. The van der Waals surface area contributed by atoms with Crippen molar-refractivity contribution in [3.63, 3.8) is 0 Å². The summed E-state index contributed by atoms with van der Waals surface area (Å²) in [6, 6.07) is 11.8. The summed E-state index contributed by atoms with van der Waals surface area (Å²) in [4.78, 5) is 2.50. The molecular formula is C15H21NO. The smallest absolute Gasteiger partial charge is 0.0601 e. The molecule has 1 aromatic carbocycles. The molecule has 2 nitrogen and oxygen atoms in total. The Morgan fingerprint density at radius 1 is 1.24 bits per heavy atom. The van der Waals surface area contributed by atoms with Crippen LogP contribution < -0.4 is 0 Å². The highest BCUT2D eigenvalue weighted by Gasteiger charge is 2.44. The Morgan fingerprint density at radius 2 is 2.00 bits per heavy atom. The molecule has 0 amide bonds. The molecule has 2 unspecified atom stereocenters. The van der Waals surface area contributed by atoms with E-state index in [2.05, 4.69) is 42.3 Å². The first-order valence-electron chi connectivity index (χ1n) is 6.69. The van der Waals surface area contributed by atoms with E-state index in [4.69, 9.17) is 0 Å². The standard InChI is InChI=1S/C15H21NO/c1-16-12-7-8-14(16)13(15(17)10-12)9-11-5-3-2-4-6-11/h2-6,12-15,17H,7-10H2,1H3/t12-,13?,14+,15?/m0/s1. The molecule has 2 aliphatic rings. The first-order valence-corrected chi connectivity index (χ1v) is 6.69. The van der Waals surface area contributed by atoms with E-state index in [1.54, 1.807) is 0 Å². The van der Waals surface area contributed by atoms with E-state index in [9.17, 15) is 5.11 Å². The molecule has 2 fully saturated rings. The summed E-state index contributed by atoms with van der Waals surface area (Å²) in [5.41, 5.74) is 1.36. The maximum atomic E-state index is 10.3. The second-order valence-corrected chi connectivity index (χ2v) is 5.62. The van der Waals surface area contributed by atoms with Gasteiger partial charge in [0.25, 0.3) is 0 Å². The number of aliphatic hydroxyl groups is 1. The molecule has 2 heterocycles. The van der Waals surface area contributed by atoms with E-state index < -0.39 is 0 Å². The summed E-state index contributed by atoms with van der Waals surface area (Å²) in [7, 11) is 2.23. The zero-order valence-electron chi connectivity index (χ0n) is 10.4. The van der Waals surface area contributed by atoms with Gasteiger partial charge in [-0.2, -0.15) is 0 Å². The fraction of sp³-hybridized carbons (Fsp3) is 0.600. The van der Waals surface area contributed by atoms with Crippen LogP contribution >= 0.6 is 0 Å². The fourth-order valence-electron chi connectivity index (χ4n) is 3.71. The number of aliphatic hydroxyl groups excluding tert-OH is 1. The average Bonchev–Trinajstić information content (AvgIpc) is 2.59. The number of benzene rings is 1. The molecule has 0 aromatic heterocycles. The Balaban J connectivity index is 1.77. The first kappa shape index (κ1) is 11.2. The third-order valence-electron chi connectivity index (χ3n) is 4.71. The molecule has 2 heteroatoms. The van der Waals surface area contributed by atoms with Gasteiger partial charge in [-0.25, -0.2) is 0 Å². The highest BCUT2D eigenvalue weighted by molar-refractivity contribution is 5.17. The Bertz CT molecular complexity index is 378. The minimum absolute atomic E-state index is 0.107. The predicted molar refractivity (Wildman–Crippen MR) is 68.8 cm³/mol. The van der Waals surface area contributed by atoms with Gasteiger partial charge in [-0.1, -0.05) is 30.3 Å². The van der Waals surface area contributed by atoms with Gasteiger partial charge in [0.15, 0.2) is 0 Å². The van der Waals surface area contributed by atoms with E-state index in [-0.39, 0.29) is 6.10 Å². The van der Waals surface area contributed by atoms with Crippen molar-refractivity contribution in [3.05, 3.63) is 35.9 Å². The highest BCUT2D eigenvalue weighted by atomic mass is 16.3. The predicted octanol–water partition coefficient (Wildman–Crippen LogP) is 2.07. The highest BCUT2D eigenvalue weighted by Crippen LogP contribution is 2.39. The Labute approximate surface area is 103 Å². The van der Waals surface area contributed by atoms with Crippen molar-refractivity contribution < 1.29 is 5.11 Å². The van der Waals surface area contributed by atoms with Crippen LogP contribution in [0.1, 0.15) is 24.8 Å². The molecule has 0 radical (unpaired) electrons. The summed E-state index contributed by atoms with van der Waals surface area (Å²) < 4.78 is 0. The lowest BCUT2D eigenvalue weighted by atomic mass is 9.83. The molecule has 17 heavy (non-hydrogen) atoms. The fourth-order valence-corrected chi connectivity index (χ4v) is 3.71. The van der Waals surface area contributed by atoms with Gasteiger partial charge in [-0.05, 0) is 38.3 Å². The zero-order chi connectivity index (χ0) is 11.8. The molecule has 0 saturated carbocycles. The lowest BCUT2D eigenvalue weighted by molar-refractivity contribution is -0.00647. The van der Waals surface area contributed by atoms with Gasteiger partial charge < -0.3 is 5.11 Å². The molecule has 0 aliphatic carbocycles. The topological polar surface area (TPSA) is 23.5 Å². The number of piperidine rings is 1. The monoisotopic (exact) mass is 231 g/mol. The lowest BCUT2D eigenvalue weighted by Gasteiger charge is -2.41.